The second-order valence-electron chi connectivity index (χ2n) is 7.85. The van der Waals surface area contributed by atoms with Gasteiger partial charge in [0.25, 0.3) is 0 Å². The summed E-state index contributed by atoms with van der Waals surface area (Å²) in [5.74, 6) is -1.08. The highest BCUT2D eigenvalue weighted by Gasteiger charge is 2.72. The van der Waals surface area contributed by atoms with Gasteiger partial charge in [0, 0.05) is 6.92 Å². The van der Waals surface area contributed by atoms with Gasteiger partial charge in [-0.05, 0) is 38.8 Å². The molecular weight excluding hydrogens is 334 g/mol. The zero-order valence-electron chi connectivity index (χ0n) is 14.7. The molecule has 132 valence electrons. The molecule has 4 heterocycles. The normalized spacial score (nSPS) is 35.4. The van der Waals surface area contributed by atoms with Crippen LogP contribution in [0.25, 0.3) is 11.1 Å². The lowest BCUT2D eigenvalue weighted by Crippen LogP contribution is -2.40. The number of nitrogens with zero attached hydrogens (tertiary/aromatic N) is 3. The highest BCUT2D eigenvalue weighted by Crippen LogP contribution is 2.61. The molecule has 1 aromatic carbocycles. The summed E-state index contributed by atoms with van der Waals surface area (Å²) in [5, 5.41) is 9.28. The second kappa shape index (κ2) is 4.51. The molecule has 0 saturated carbocycles. The van der Waals surface area contributed by atoms with Gasteiger partial charge in [0.2, 0.25) is 11.8 Å². The van der Waals surface area contributed by atoms with E-state index in [-0.39, 0.29) is 11.8 Å². The molecule has 3 aliphatic rings. The molecule has 0 aliphatic carbocycles. The standard InChI is InChI=1S/C19H17N3O4/c1-9-21-14-11(5-4-10(8-20)15(14)25-9)22-16(23)12-13(17(22)24)19(3)7-6-18(12,2)26-19/h4-5,12-13H,6-7H2,1-3H3. The van der Waals surface area contributed by atoms with E-state index < -0.39 is 23.0 Å². The van der Waals surface area contributed by atoms with Gasteiger partial charge in [-0.3, -0.25) is 9.59 Å². The number of hydrogen-bond donors (Lipinski definition) is 0. The number of ether oxygens (including phenoxy) is 1. The molecule has 7 heteroatoms. The number of amides is 2. The minimum Gasteiger partial charge on any atom is -0.440 e. The Morgan fingerprint density at radius 1 is 1.19 bits per heavy atom. The van der Waals surface area contributed by atoms with E-state index in [1.165, 1.54) is 4.90 Å². The summed E-state index contributed by atoms with van der Waals surface area (Å²) >= 11 is 0. The monoisotopic (exact) mass is 351 g/mol. The molecule has 3 aliphatic heterocycles. The van der Waals surface area contributed by atoms with Crippen LogP contribution in [0.1, 0.15) is 38.1 Å². The maximum atomic E-state index is 13.2. The van der Waals surface area contributed by atoms with Crippen molar-refractivity contribution in [1.82, 2.24) is 4.98 Å². The molecule has 5 rings (SSSR count). The summed E-state index contributed by atoms with van der Waals surface area (Å²) < 4.78 is 11.7. The predicted molar refractivity (Wildman–Crippen MR) is 90.1 cm³/mol. The van der Waals surface area contributed by atoms with E-state index in [0.29, 0.717) is 28.2 Å². The van der Waals surface area contributed by atoms with Crippen molar-refractivity contribution in [3.63, 3.8) is 0 Å². The first kappa shape index (κ1) is 15.5. The number of rotatable bonds is 1. The van der Waals surface area contributed by atoms with Gasteiger partial charge < -0.3 is 9.15 Å². The number of fused-ring (bicyclic) bond motifs is 6. The highest BCUT2D eigenvalue weighted by molar-refractivity contribution is 6.25. The molecule has 1 aromatic heterocycles. The summed E-state index contributed by atoms with van der Waals surface area (Å²) in [6.45, 7) is 5.52. The van der Waals surface area contributed by atoms with Crippen LogP contribution < -0.4 is 4.90 Å². The van der Waals surface area contributed by atoms with Crippen LogP contribution in [-0.4, -0.2) is 28.0 Å². The lowest BCUT2D eigenvalue weighted by molar-refractivity contribution is -0.129. The predicted octanol–water partition coefficient (Wildman–Crippen LogP) is 2.45. The van der Waals surface area contributed by atoms with E-state index in [9.17, 15) is 14.9 Å². The zero-order chi connectivity index (χ0) is 18.4. The van der Waals surface area contributed by atoms with E-state index in [2.05, 4.69) is 11.1 Å². The number of imide groups is 1. The van der Waals surface area contributed by atoms with Gasteiger partial charge in [-0.1, -0.05) is 0 Å². The van der Waals surface area contributed by atoms with E-state index in [1.54, 1.807) is 19.1 Å². The van der Waals surface area contributed by atoms with Crippen molar-refractivity contribution in [3.8, 4) is 6.07 Å². The van der Waals surface area contributed by atoms with Gasteiger partial charge in [-0.25, -0.2) is 9.88 Å². The Hall–Kier alpha value is -2.72. The summed E-state index contributed by atoms with van der Waals surface area (Å²) in [4.78, 5) is 32.0. The van der Waals surface area contributed by atoms with Gasteiger partial charge >= 0.3 is 0 Å². The van der Waals surface area contributed by atoms with E-state index in [0.717, 1.165) is 12.8 Å². The Morgan fingerprint density at radius 3 is 2.38 bits per heavy atom. The highest BCUT2D eigenvalue weighted by atomic mass is 16.5. The number of aromatic nitrogens is 1. The fourth-order valence-electron chi connectivity index (χ4n) is 5.07. The fourth-order valence-corrected chi connectivity index (χ4v) is 5.07. The molecule has 7 nitrogen and oxygen atoms in total. The number of carbonyl (C=O) groups excluding carboxylic acids is 2. The Kier molecular flexibility index (Phi) is 2.70. The first-order valence-electron chi connectivity index (χ1n) is 8.67. The molecule has 4 unspecified atom stereocenters. The van der Waals surface area contributed by atoms with E-state index in [1.807, 2.05) is 13.8 Å². The second-order valence-corrected chi connectivity index (χ2v) is 7.85. The van der Waals surface area contributed by atoms with E-state index in [4.69, 9.17) is 9.15 Å². The molecule has 0 N–H and O–H groups in total. The van der Waals surface area contributed by atoms with Gasteiger partial charge in [-0.15, -0.1) is 0 Å². The SMILES string of the molecule is Cc1nc2c(N3C(=O)C4C(C3=O)C3(C)CCC4(C)O3)ccc(C#N)c2o1. The van der Waals surface area contributed by atoms with Crippen molar-refractivity contribution in [2.24, 2.45) is 11.8 Å². The Balaban J connectivity index is 1.70. The molecule has 2 bridgehead atoms. The first-order chi connectivity index (χ1) is 12.3. The average molecular weight is 351 g/mol. The maximum absolute atomic E-state index is 13.2. The molecule has 0 spiro atoms. The van der Waals surface area contributed by atoms with Crippen LogP contribution >= 0.6 is 0 Å². The molecule has 3 saturated heterocycles. The van der Waals surface area contributed by atoms with Gasteiger partial charge in [-0.2, -0.15) is 5.26 Å². The van der Waals surface area contributed by atoms with Crippen LogP contribution in [0.3, 0.4) is 0 Å². The van der Waals surface area contributed by atoms with Crippen molar-refractivity contribution in [2.45, 2.75) is 44.8 Å². The van der Waals surface area contributed by atoms with Crippen molar-refractivity contribution in [1.29, 1.82) is 5.26 Å². The van der Waals surface area contributed by atoms with Crippen molar-refractivity contribution in [2.75, 3.05) is 4.90 Å². The summed E-state index contributed by atoms with van der Waals surface area (Å²) in [7, 11) is 0. The minimum absolute atomic E-state index is 0.252. The molecule has 26 heavy (non-hydrogen) atoms. The van der Waals surface area contributed by atoms with Crippen LogP contribution in [0, 0.1) is 30.1 Å². The average Bonchev–Trinajstić information content (AvgIpc) is 3.25. The van der Waals surface area contributed by atoms with Gasteiger partial charge in [0.15, 0.2) is 11.5 Å². The lowest BCUT2D eigenvalue weighted by atomic mass is 9.69. The number of carbonyl (C=O) groups is 2. The van der Waals surface area contributed by atoms with Gasteiger partial charge in [0.1, 0.15) is 11.6 Å². The molecule has 3 fully saturated rings. The third-order valence-electron chi connectivity index (χ3n) is 6.20. The first-order valence-corrected chi connectivity index (χ1v) is 8.67. The lowest BCUT2D eigenvalue weighted by Gasteiger charge is -2.27. The van der Waals surface area contributed by atoms with Crippen molar-refractivity contribution >= 4 is 28.6 Å². The molecule has 2 aromatic rings. The number of anilines is 1. The third kappa shape index (κ3) is 1.63. The van der Waals surface area contributed by atoms with Crippen LogP contribution in [0.5, 0.6) is 0 Å². The number of aryl methyl sites for hydroxylation is 1. The van der Waals surface area contributed by atoms with Crippen molar-refractivity contribution in [3.05, 3.63) is 23.6 Å². The summed E-state index contributed by atoms with van der Waals surface area (Å²) in [6.07, 6.45) is 1.53. The van der Waals surface area contributed by atoms with Crippen molar-refractivity contribution < 1.29 is 18.7 Å². The number of benzene rings is 1. The number of hydrogen-bond acceptors (Lipinski definition) is 6. The Bertz CT molecular complexity index is 1020. The zero-order valence-corrected chi connectivity index (χ0v) is 14.7. The van der Waals surface area contributed by atoms with Crippen LogP contribution in [0.15, 0.2) is 16.5 Å². The molecule has 2 amide bonds. The number of oxazole rings is 1. The summed E-state index contributed by atoms with van der Waals surface area (Å²) in [6, 6.07) is 5.22. The smallest absolute Gasteiger partial charge is 0.240 e. The Morgan fingerprint density at radius 2 is 1.81 bits per heavy atom. The molecule has 0 radical (unpaired) electrons. The topological polar surface area (TPSA) is 96.4 Å². The van der Waals surface area contributed by atoms with E-state index >= 15 is 0 Å². The van der Waals surface area contributed by atoms with Crippen LogP contribution in [0.2, 0.25) is 0 Å². The minimum atomic E-state index is -0.605. The van der Waals surface area contributed by atoms with Crippen LogP contribution in [0.4, 0.5) is 5.69 Å². The third-order valence-corrected chi connectivity index (χ3v) is 6.20. The van der Waals surface area contributed by atoms with Crippen LogP contribution in [-0.2, 0) is 14.3 Å². The molecular formula is C19H17N3O4. The molecule has 4 atom stereocenters. The maximum Gasteiger partial charge on any atom is 0.240 e. The summed E-state index contributed by atoms with van der Waals surface area (Å²) in [5.41, 5.74) is 0.167. The quantitative estimate of drug-likeness (QED) is 0.732. The number of nitriles is 1. The Labute approximate surface area is 149 Å². The van der Waals surface area contributed by atoms with Gasteiger partial charge in [0.05, 0.1) is 34.3 Å². The fraction of sp³-hybridized carbons (Fsp3) is 0.474. The largest absolute Gasteiger partial charge is 0.440 e.